The summed E-state index contributed by atoms with van der Waals surface area (Å²) in [6, 6.07) is 0. The van der Waals surface area contributed by atoms with Crippen LogP contribution >= 0.6 is 0 Å². The molecule has 5 unspecified atom stereocenters. The Bertz CT molecular complexity index is 234. The van der Waals surface area contributed by atoms with E-state index in [0.29, 0.717) is 17.8 Å². The number of β-amino-alcohol motifs (C(OH)–C–C–N with tert-alkyl or cyclic N) is 1. The quantitative estimate of drug-likeness (QED) is 0.770. The van der Waals surface area contributed by atoms with Crippen molar-refractivity contribution < 1.29 is 10.2 Å². The zero-order valence-corrected chi connectivity index (χ0v) is 11.2. The number of aliphatic hydroxyl groups excluding tert-OH is 2. The molecule has 2 rings (SSSR count). The van der Waals surface area contributed by atoms with Gasteiger partial charge in [-0.25, -0.2) is 0 Å². The molecule has 2 aliphatic rings. The molecule has 0 aromatic heterocycles. The number of likely N-dealkylation sites (tertiary alicyclic amines) is 1. The molecule has 0 bridgehead atoms. The molecule has 1 saturated heterocycles. The third-order valence-corrected chi connectivity index (χ3v) is 4.59. The molecule has 1 heterocycles. The van der Waals surface area contributed by atoms with Gasteiger partial charge in [-0.2, -0.15) is 0 Å². The summed E-state index contributed by atoms with van der Waals surface area (Å²) in [6.07, 6.45) is 3.92. The molecule has 1 aliphatic carbocycles. The molecule has 1 aliphatic heterocycles. The molecule has 0 aromatic rings. The lowest BCUT2D eigenvalue weighted by Crippen LogP contribution is -2.46. The molecule has 2 N–H and O–H groups in total. The number of rotatable bonds is 2. The fourth-order valence-corrected chi connectivity index (χ4v) is 3.67. The van der Waals surface area contributed by atoms with Gasteiger partial charge in [0.15, 0.2) is 0 Å². The first-order chi connectivity index (χ1) is 8.06. The summed E-state index contributed by atoms with van der Waals surface area (Å²) in [5.74, 6) is 1.66. The van der Waals surface area contributed by atoms with E-state index in [-0.39, 0.29) is 12.2 Å². The van der Waals surface area contributed by atoms with Crippen molar-refractivity contribution in [2.24, 2.45) is 17.8 Å². The molecule has 0 aromatic carbocycles. The summed E-state index contributed by atoms with van der Waals surface area (Å²) in [7, 11) is 0. The van der Waals surface area contributed by atoms with Crippen molar-refractivity contribution in [3.63, 3.8) is 0 Å². The number of hydrogen-bond acceptors (Lipinski definition) is 3. The van der Waals surface area contributed by atoms with Crippen molar-refractivity contribution >= 4 is 0 Å². The maximum absolute atomic E-state index is 10.2. The van der Waals surface area contributed by atoms with Gasteiger partial charge in [-0.15, -0.1) is 0 Å². The van der Waals surface area contributed by atoms with Crippen molar-refractivity contribution in [3.05, 3.63) is 0 Å². The van der Waals surface area contributed by atoms with Crippen molar-refractivity contribution in [2.75, 3.05) is 19.6 Å². The predicted octanol–water partition coefficient (Wildman–Crippen LogP) is 1.49. The van der Waals surface area contributed by atoms with Crippen LogP contribution in [0.5, 0.6) is 0 Å². The number of hydrogen-bond donors (Lipinski definition) is 2. The van der Waals surface area contributed by atoms with Gasteiger partial charge in [0, 0.05) is 19.0 Å². The average Bonchev–Trinajstić information content (AvgIpc) is 2.23. The highest BCUT2D eigenvalue weighted by molar-refractivity contribution is 4.86. The van der Waals surface area contributed by atoms with Crippen molar-refractivity contribution in [1.82, 2.24) is 4.90 Å². The fraction of sp³-hybridized carbons (Fsp3) is 1.00. The van der Waals surface area contributed by atoms with E-state index >= 15 is 0 Å². The zero-order chi connectivity index (χ0) is 12.4. The van der Waals surface area contributed by atoms with E-state index in [1.807, 2.05) is 0 Å². The molecule has 100 valence electrons. The molecule has 0 radical (unpaired) electrons. The van der Waals surface area contributed by atoms with Crippen LogP contribution in [-0.2, 0) is 0 Å². The monoisotopic (exact) mass is 241 g/mol. The van der Waals surface area contributed by atoms with Crippen LogP contribution in [0.3, 0.4) is 0 Å². The first-order valence-corrected chi connectivity index (χ1v) is 7.14. The highest BCUT2D eigenvalue weighted by atomic mass is 16.3. The third kappa shape index (κ3) is 3.43. The van der Waals surface area contributed by atoms with Crippen molar-refractivity contribution in [3.8, 4) is 0 Å². The topological polar surface area (TPSA) is 43.7 Å². The number of aliphatic hydroxyl groups is 2. The van der Waals surface area contributed by atoms with Crippen molar-refractivity contribution in [2.45, 2.75) is 51.7 Å². The van der Waals surface area contributed by atoms with Gasteiger partial charge in [0.05, 0.1) is 12.2 Å². The standard InChI is InChI=1S/C14H27NO2/c1-10-6-11(2)13(14(17)7-10)9-15-5-3-4-12(16)8-15/h10-14,16-17H,3-9H2,1-2H3. The Hall–Kier alpha value is -0.120. The Morgan fingerprint density at radius 1 is 1.18 bits per heavy atom. The van der Waals surface area contributed by atoms with Gasteiger partial charge in [-0.05, 0) is 44.1 Å². The van der Waals surface area contributed by atoms with E-state index in [4.69, 9.17) is 0 Å². The van der Waals surface area contributed by atoms with Crippen LogP contribution in [0.1, 0.15) is 39.5 Å². The third-order valence-electron chi connectivity index (χ3n) is 4.59. The van der Waals surface area contributed by atoms with Crippen LogP contribution in [0.25, 0.3) is 0 Å². The SMILES string of the molecule is CC1CC(C)C(CN2CCCC(O)C2)C(O)C1. The van der Waals surface area contributed by atoms with Gasteiger partial charge >= 0.3 is 0 Å². The second-order valence-corrected chi connectivity index (χ2v) is 6.34. The van der Waals surface area contributed by atoms with Crippen LogP contribution in [0, 0.1) is 17.8 Å². The minimum Gasteiger partial charge on any atom is -0.393 e. The van der Waals surface area contributed by atoms with E-state index in [1.54, 1.807) is 0 Å². The first kappa shape index (κ1) is 13.3. The molecule has 17 heavy (non-hydrogen) atoms. The molecule has 2 fully saturated rings. The minimum atomic E-state index is -0.154. The minimum absolute atomic E-state index is 0.146. The van der Waals surface area contributed by atoms with Crippen LogP contribution in [0.15, 0.2) is 0 Å². The predicted molar refractivity (Wildman–Crippen MR) is 68.7 cm³/mol. The summed E-state index contributed by atoms with van der Waals surface area (Å²) in [5.41, 5.74) is 0. The van der Waals surface area contributed by atoms with Crippen molar-refractivity contribution in [1.29, 1.82) is 0 Å². The van der Waals surface area contributed by atoms with Crippen LogP contribution in [0.4, 0.5) is 0 Å². The molecular weight excluding hydrogens is 214 g/mol. The number of nitrogens with zero attached hydrogens (tertiary/aromatic N) is 1. The van der Waals surface area contributed by atoms with E-state index in [9.17, 15) is 10.2 Å². The van der Waals surface area contributed by atoms with E-state index in [2.05, 4.69) is 18.7 Å². The highest BCUT2D eigenvalue weighted by Gasteiger charge is 2.34. The molecule has 1 saturated carbocycles. The molecule has 0 amide bonds. The maximum Gasteiger partial charge on any atom is 0.0667 e. The Morgan fingerprint density at radius 3 is 2.59 bits per heavy atom. The van der Waals surface area contributed by atoms with Crippen LogP contribution < -0.4 is 0 Å². The van der Waals surface area contributed by atoms with Gasteiger partial charge in [-0.3, -0.25) is 0 Å². The number of piperidine rings is 1. The van der Waals surface area contributed by atoms with Crippen LogP contribution in [-0.4, -0.2) is 47.0 Å². The van der Waals surface area contributed by atoms with Crippen LogP contribution in [0.2, 0.25) is 0 Å². The summed E-state index contributed by atoms with van der Waals surface area (Å²) in [6.45, 7) is 7.35. The Morgan fingerprint density at radius 2 is 1.94 bits per heavy atom. The fourth-order valence-electron chi connectivity index (χ4n) is 3.67. The van der Waals surface area contributed by atoms with E-state index < -0.39 is 0 Å². The summed E-state index contributed by atoms with van der Waals surface area (Å²) < 4.78 is 0. The summed E-state index contributed by atoms with van der Waals surface area (Å²) in [4.78, 5) is 2.34. The largest absolute Gasteiger partial charge is 0.393 e. The Labute approximate surface area is 105 Å². The van der Waals surface area contributed by atoms with E-state index in [1.165, 1.54) is 6.42 Å². The molecule has 0 spiro atoms. The molecule has 3 heteroatoms. The first-order valence-electron chi connectivity index (χ1n) is 7.14. The summed E-state index contributed by atoms with van der Waals surface area (Å²) >= 11 is 0. The smallest absolute Gasteiger partial charge is 0.0667 e. The van der Waals surface area contributed by atoms with Gasteiger partial charge in [0.2, 0.25) is 0 Å². The lowest BCUT2D eigenvalue weighted by atomic mass is 9.73. The van der Waals surface area contributed by atoms with Gasteiger partial charge in [0.25, 0.3) is 0 Å². The average molecular weight is 241 g/mol. The highest BCUT2D eigenvalue weighted by Crippen LogP contribution is 2.34. The summed E-state index contributed by atoms with van der Waals surface area (Å²) in [5, 5.41) is 19.9. The zero-order valence-electron chi connectivity index (χ0n) is 11.2. The Balaban J connectivity index is 1.88. The molecule has 5 atom stereocenters. The lowest BCUT2D eigenvalue weighted by Gasteiger charge is -2.41. The second kappa shape index (κ2) is 5.68. The van der Waals surface area contributed by atoms with E-state index in [0.717, 1.165) is 38.9 Å². The Kier molecular flexibility index (Phi) is 4.45. The molecule has 3 nitrogen and oxygen atoms in total. The van der Waals surface area contributed by atoms with Gasteiger partial charge in [0.1, 0.15) is 0 Å². The lowest BCUT2D eigenvalue weighted by molar-refractivity contribution is -0.0173. The van der Waals surface area contributed by atoms with Gasteiger partial charge < -0.3 is 15.1 Å². The second-order valence-electron chi connectivity index (χ2n) is 6.34. The van der Waals surface area contributed by atoms with Gasteiger partial charge in [-0.1, -0.05) is 13.8 Å². The molecular formula is C14H27NO2. The maximum atomic E-state index is 10.2. The normalized spacial score (nSPS) is 44.8.